The van der Waals surface area contributed by atoms with E-state index in [0.29, 0.717) is 11.1 Å². The minimum absolute atomic E-state index is 0.396. The molecule has 88 valence electrons. The first-order valence-electron chi connectivity index (χ1n) is 4.87. The van der Waals surface area contributed by atoms with Crippen LogP contribution in [0.5, 0.6) is 0 Å². The lowest BCUT2D eigenvalue weighted by atomic mass is 10.1. The monoisotopic (exact) mass is 232 g/mol. The van der Waals surface area contributed by atoms with Crippen LogP contribution < -0.4 is 0 Å². The molecule has 1 rings (SSSR count). The van der Waals surface area contributed by atoms with Gasteiger partial charge in [0, 0.05) is 11.5 Å². The van der Waals surface area contributed by atoms with Crippen molar-refractivity contribution in [1.82, 2.24) is 0 Å². The van der Waals surface area contributed by atoms with Crippen LogP contribution in [0.25, 0.3) is 0 Å². The van der Waals surface area contributed by atoms with E-state index in [9.17, 15) is 9.59 Å². The van der Waals surface area contributed by atoms with Crippen LogP contribution in [0, 0.1) is 18.8 Å². The Hall–Kier alpha value is -2.28. The Bertz CT molecular complexity index is 506. The zero-order valence-electron chi connectivity index (χ0n) is 9.87. The molecule has 1 aromatic carbocycles. The van der Waals surface area contributed by atoms with Crippen LogP contribution in [0.15, 0.2) is 18.2 Å². The molecule has 17 heavy (non-hydrogen) atoms. The molecular formula is C13H12O4. The van der Waals surface area contributed by atoms with Crippen molar-refractivity contribution in [3.8, 4) is 11.8 Å². The third-order valence-electron chi connectivity index (χ3n) is 2.14. The summed E-state index contributed by atoms with van der Waals surface area (Å²) in [5, 5.41) is 0. The van der Waals surface area contributed by atoms with Gasteiger partial charge < -0.3 is 9.47 Å². The maximum Gasteiger partial charge on any atom is 0.384 e. The number of carbonyl (C=O) groups is 2. The van der Waals surface area contributed by atoms with Crippen molar-refractivity contribution in [2.45, 2.75) is 6.92 Å². The van der Waals surface area contributed by atoms with Gasteiger partial charge in [-0.05, 0) is 24.6 Å². The molecule has 0 N–H and O–H groups in total. The second kappa shape index (κ2) is 5.71. The molecule has 1 aromatic rings. The van der Waals surface area contributed by atoms with Gasteiger partial charge in [0.25, 0.3) is 0 Å². The molecule has 0 saturated carbocycles. The maximum absolute atomic E-state index is 11.3. The van der Waals surface area contributed by atoms with Gasteiger partial charge in [-0.3, -0.25) is 0 Å². The lowest BCUT2D eigenvalue weighted by Gasteiger charge is -2.02. The Morgan fingerprint density at radius 3 is 2.47 bits per heavy atom. The largest absolute Gasteiger partial charge is 0.465 e. The van der Waals surface area contributed by atoms with Crippen LogP contribution in [-0.2, 0) is 14.3 Å². The molecule has 0 aromatic heterocycles. The fourth-order valence-corrected chi connectivity index (χ4v) is 1.17. The van der Waals surface area contributed by atoms with Crippen LogP contribution >= 0.6 is 0 Å². The summed E-state index contributed by atoms with van der Waals surface area (Å²) in [6.45, 7) is 1.84. The average Bonchev–Trinajstić information content (AvgIpc) is 2.36. The molecule has 0 fully saturated rings. The molecule has 0 aliphatic carbocycles. The lowest BCUT2D eigenvalue weighted by Crippen LogP contribution is -2.02. The van der Waals surface area contributed by atoms with Crippen molar-refractivity contribution < 1.29 is 19.1 Å². The summed E-state index contributed by atoms with van der Waals surface area (Å²) in [5.41, 5.74) is 1.86. The Morgan fingerprint density at radius 2 is 1.88 bits per heavy atom. The van der Waals surface area contributed by atoms with Crippen molar-refractivity contribution in [2.75, 3.05) is 14.2 Å². The SMILES string of the molecule is COC(=O)C#Cc1cc(C(=O)OC)ccc1C. The molecule has 0 saturated heterocycles. The standard InChI is InChI=1S/C13H12O4/c1-9-4-5-11(13(15)17-3)8-10(9)6-7-12(14)16-2/h4-5,8H,1-3H3. The molecular weight excluding hydrogens is 220 g/mol. The predicted molar refractivity (Wildman–Crippen MR) is 61.4 cm³/mol. The van der Waals surface area contributed by atoms with E-state index < -0.39 is 11.9 Å². The van der Waals surface area contributed by atoms with E-state index in [1.54, 1.807) is 18.2 Å². The van der Waals surface area contributed by atoms with Gasteiger partial charge in [0.2, 0.25) is 0 Å². The Kier molecular flexibility index (Phi) is 4.29. The molecule has 4 nitrogen and oxygen atoms in total. The second-order valence-corrected chi connectivity index (χ2v) is 3.26. The molecule has 0 spiro atoms. The summed E-state index contributed by atoms with van der Waals surface area (Å²) in [5.74, 6) is 3.90. The van der Waals surface area contributed by atoms with Crippen molar-refractivity contribution in [3.63, 3.8) is 0 Å². The number of hydrogen-bond donors (Lipinski definition) is 0. The molecule has 4 heteroatoms. The summed E-state index contributed by atoms with van der Waals surface area (Å²) < 4.78 is 9.01. The smallest absolute Gasteiger partial charge is 0.384 e. The van der Waals surface area contributed by atoms with Crippen LogP contribution in [0.3, 0.4) is 0 Å². The van der Waals surface area contributed by atoms with E-state index in [1.807, 2.05) is 6.92 Å². The quantitative estimate of drug-likeness (QED) is 0.541. The lowest BCUT2D eigenvalue weighted by molar-refractivity contribution is -0.133. The number of ether oxygens (including phenoxy) is 2. The highest BCUT2D eigenvalue weighted by molar-refractivity contribution is 5.91. The van der Waals surface area contributed by atoms with Crippen molar-refractivity contribution >= 4 is 11.9 Å². The first kappa shape index (κ1) is 12.8. The van der Waals surface area contributed by atoms with Gasteiger partial charge in [0.15, 0.2) is 0 Å². The first-order valence-corrected chi connectivity index (χ1v) is 4.87. The molecule has 0 aliphatic heterocycles. The van der Waals surface area contributed by atoms with Crippen LogP contribution in [0.1, 0.15) is 21.5 Å². The predicted octanol–water partition coefficient (Wildman–Crippen LogP) is 1.31. The maximum atomic E-state index is 11.3. The molecule has 0 atom stereocenters. The van der Waals surface area contributed by atoms with Gasteiger partial charge in [-0.1, -0.05) is 12.0 Å². The molecule has 0 bridgehead atoms. The number of methoxy groups -OCH3 is 2. The highest BCUT2D eigenvalue weighted by Crippen LogP contribution is 2.10. The van der Waals surface area contributed by atoms with E-state index >= 15 is 0 Å². The van der Waals surface area contributed by atoms with E-state index in [0.717, 1.165) is 5.56 Å². The molecule has 0 amide bonds. The summed E-state index contributed by atoms with van der Waals surface area (Å²) in [7, 11) is 2.57. The summed E-state index contributed by atoms with van der Waals surface area (Å²) >= 11 is 0. The average molecular weight is 232 g/mol. The van der Waals surface area contributed by atoms with E-state index in [4.69, 9.17) is 0 Å². The van der Waals surface area contributed by atoms with E-state index in [2.05, 4.69) is 21.3 Å². The minimum Gasteiger partial charge on any atom is -0.465 e. The van der Waals surface area contributed by atoms with Crippen LogP contribution in [-0.4, -0.2) is 26.2 Å². The van der Waals surface area contributed by atoms with Gasteiger partial charge >= 0.3 is 11.9 Å². The van der Waals surface area contributed by atoms with E-state index in [1.165, 1.54) is 14.2 Å². The van der Waals surface area contributed by atoms with Crippen molar-refractivity contribution in [1.29, 1.82) is 0 Å². The van der Waals surface area contributed by atoms with Crippen LogP contribution in [0.4, 0.5) is 0 Å². The van der Waals surface area contributed by atoms with Gasteiger partial charge in [-0.15, -0.1) is 0 Å². The number of esters is 2. The van der Waals surface area contributed by atoms with Crippen molar-refractivity contribution in [3.05, 3.63) is 34.9 Å². The Morgan fingerprint density at radius 1 is 1.18 bits per heavy atom. The summed E-state index contributed by atoms with van der Waals surface area (Å²) in [6.07, 6.45) is 0. The number of hydrogen-bond acceptors (Lipinski definition) is 4. The third-order valence-corrected chi connectivity index (χ3v) is 2.14. The zero-order valence-corrected chi connectivity index (χ0v) is 9.87. The molecule has 0 heterocycles. The number of rotatable bonds is 1. The number of benzene rings is 1. The van der Waals surface area contributed by atoms with Gasteiger partial charge in [-0.2, -0.15) is 0 Å². The van der Waals surface area contributed by atoms with Gasteiger partial charge in [0.05, 0.1) is 19.8 Å². The minimum atomic E-state index is -0.618. The number of aryl methyl sites for hydroxylation is 1. The summed E-state index contributed by atoms with van der Waals surface area (Å²) in [4.78, 5) is 22.2. The topological polar surface area (TPSA) is 52.6 Å². The van der Waals surface area contributed by atoms with Gasteiger partial charge in [-0.25, -0.2) is 9.59 Å². The molecule has 0 unspecified atom stereocenters. The Labute approximate surface area is 99.5 Å². The molecule has 0 aliphatic rings. The second-order valence-electron chi connectivity index (χ2n) is 3.26. The highest BCUT2D eigenvalue weighted by Gasteiger charge is 2.06. The third kappa shape index (κ3) is 3.35. The normalized spacial score (nSPS) is 8.88. The summed E-state index contributed by atoms with van der Waals surface area (Å²) in [6, 6.07) is 4.97. The van der Waals surface area contributed by atoms with Gasteiger partial charge in [0.1, 0.15) is 0 Å². The van der Waals surface area contributed by atoms with E-state index in [-0.39, 0.29) is 0 Å². The highest BCUT2D eigenvalue weighted by atomic mass is 16.5. The zero-order chi connectivity index (χ0) is 12.8. The fourth-order valence-electron chi connectivity index (χ4n) is 1.17. The Balaban J connectivity index is 3.09. The fraction of sp³-hybridized carbons (Fsp3) is 0.231. The molecule has 0 radical (unpaired) electrons. The first-order chi connectivity index (χ1) is 8.08. The van der Waals surface area contributed by atoms with Crippen molar-refractivity contribution in [2.24, 2.45) is 0 Å². The number of carbonyl (C=O) groups excluding carboxylic acids is 2. The van der Waals surface area contributed by atoms with Crippen LogP contribution in [0.2, 0.25) is 0 Å².